The highest BCUT2D eigenvalue weighted by atomic mass is 35.5. The molecule has 0 spiro atoms. The molecule has 0 unspecified atom stereocenters. The number of hydrogen-bond acceptors (Lipinski definition) is 3. The van der Waals surface area contributed by atoms with Crippen molar-refractivity contribution in [3.63, 3.8) is 0 Å². The summed E-state index contributed by atoms with van der Waals surface area (Å²) in [6, 6.07) is 9.34. The minimum atomic E-state index is 0.300. The van der Waals surface area contributed by atoms with Gasteiger partial charge in [0.1, 0.15) is 10.8 Å². The molecule has 0 saturated carbocycles. The number of pyridine rings is 1. The number of nitrogens with zero attached hydrogens (tertiary/aromatic N) is 1. The molecule has 0 bridgehead atoms. The van der Waals surface area contributed by atoms with E-state index in [2.05, 4.69) is 10.3 Å². The van der Waals surface area contributed by atoms with Gasteiger partial charge in [-0.2, -0.15) is 0 Å². The van der Waals surface area contributed by atoms with Crippen LogP contribution in [0.2, 0.25) is 5.02 Å². The third-order valence-electron chi connectivity index (χ3n) is 2.45. The number of halogens is 1. The number of aryl methyl sites for hydroxylation is 1. The quantitative estimate of drug-likeness (QED) is 0.844. The molecule has 0 amide bonds. The van der Waals surface area contributed by atoms with Crippen LogP contribution in [0.15, 0.2) is 36.5 Å². The summed E-state index contributed by atoms with van der Waals surface area (Å²) in [4.78, 5) is 4.53. The van der Waals surface area contributed by atoms with Gasteiger partial charge < -0.3 is 11.1 Å². The van der Waals surface area contributed by atoms with Crippen molar-refractivity contribution >= 4 is 40.3 Å². The van der Waals surface area contributed by atoms with E-state index in [-0.39, 0.29) is 0 Å². The number of rotatable bonds is 3. The first-order valence-corrected chi connectivity index (χ1v) is 6.14. The molecule has 1 aromatic carbocycles. The van der Waals surface area contributed by atoms with Crippen LogP contribution in [-0.4, -0.2) is 9.97 Å². The summed E-state index contributed by atoms with van der Waals surface area (Å²) >= 11 is 11.1. The fourth-order valence-electron chi connectivity index (χ4n) is 1.57. The van der Waals surface area contributed by atoms with Crippen LogP contribution in [0.4, 0.5) is 11.5 Å². The molecule has 0 radical (unpaired) electrons. The maximum absolute atomic E-state index is 6.12. The van der Waals surface area contributed by atoms with Crippen LogP contribution < -0.4 is 11.1 Å². The summed E-state index contributed by atoms with van der Waals surface area (Å²) in [7, 11) is 0. The topological polar surface area (TPSA) is 50.9 Å². The molecule has 0 atom stereocenters. The predicted molar refractivity (Wildman–Crippen MR) is 79.6 cm³/mol. The van der Waals surface area contributed by atoms with Gasteiger partial charge in [0, 0.05) is 6.20 Å². The molecule has 3 nitrogen and oxygen atoms in total. The van der Waals surface area contributed by atoms with E-state index in [9.17, 15) is 0 Å². The zero-order valence-electron chi connectivity index (χ0n) is 9.77. The fraction of sp³-hybridized carbons (Fsp3) is 0.0769. The largest absolute Gasteiger partial charge is 0.389 e. The Hall–Kier alpha value is -1.65. The summed E-state index contributed by atoms with van der Waals surface area (Å²) in [5.41, 5.74) is 8.25. The Kier molecular flexibility index (Phi) is 3.79. The van der Waals surface area contributed by atoms with Gasteiger partial charge in [-0.3, -0.25) is 0 Å². The van der Waals surface area contributed by atoms with Crippen LogP contribution in [0.3, 0.4) is 0 Å². The van der Waals surface area contributed by atoms with E-state index in [1.54, 1.807) is 12.3 Å². The van der Waals surface area contributed by atoms with Gasteiger partial charge in [0.2, 0.25) is 0 Å². The van der Waals surface area contributed by atoms with Crippen molar-refractivity contribution in [2.45, 2.75) is 6.92 Å². The van der Waals surface area contributed by atoms with Crippen LogP contribution >= 0.6 is 23.8 Å². The van der Waals surface area contributed by atoms with Gasteiger partial charge in [-0.1, -0.05) is 29.9 Å². The summed E-state index contributed by atoms with van der Waals surface area (Å²) in [5.74, 6) is 0.609. The van der Waals surface area contributed by atoms with Crippen LogP contribution in [0.5, 0.6) is 0 Å². The van der Waals surface area contributed by atoms with Gasteiger partial charge >= 0.3 is 0 Å². The first-order chi connectivity index (χ1) is 8.58. The highest BCUT2D eigenvalue weighted by molar-refractivity contribution is 7.80. The number of aromatic nitrogens is 1. The Balaban J connectivity index is 2.40. The molecule has 0 aliphatic carbocycles. The van der Waals surface area contributed by atoms with Crippen LogP contribution in [0.25, 0.3) is 0 Å². The molecule has 0 fully saturated rings. The minimum absolute atomic E-state index is 0.300. The second kappa shape index (κ2) is 5.33. The summed E-state index contributed by atoms with van der Waals surface area (Å²) in [5, 5.41) is 3.78. The van der Waals surface area contributed by atoms with Gasteiger partial charge in [0.25, 0.3) is 0 Å². The minimum Gasteiger partial charge on any atom is -0.389 e. The van der Waals surface area contributed by atoms with Crippen molar-refractivity contribution in [3.05, 3.63) is 52.7 Å². The molecule has 1 heterocycles. The van der Waals surface area contributed by atoms with Crippen molar-refractivity contribution in [1.29, 1.82) is 0 Å². The molecule has 1 aromatic heterocycles. The highest BCUT2D eigenvalue weighted by Crippen LogP contribution is 2.26. The average Bonchev–Trinajstić information content (AvgIpc) is 2.34. The molecule has 0 saturated heterocycles. The highest BCUT2D eigenvalue weighted by Gasteiger charge is 2.08. The van der Waals surface area contributed by atoms with Gasteiger partial charge in [0.15, 0.2) is 0 Å². The lowest BCUT2D eigenvalue weighted by Crippen LogP contribution is -2.12. The Labute approximate surface area is 116 Å². The van der Waals surface area contributed by atoms with Gasteiger partial charge in [-0.25, -0.2) is 4.98 Å². The smallest absolute Gasteiger partial charge is 0.140 e. The lowest BCUT2D eigenvalue weighted by Gasteiger charge is -2.11. The number of hydrogen-bond donors (Lipinski definition) is 2. The molecule has 0 aliphatic rings. The van der Waals surface area contributed by atoms with E-state index in [1.165, 1.54) is 0 Å². The Morgan fingerprint density at radius 2 is 2.17 bits per heavy atom. The van der Waals surface area contributed by atoms with Gasteiger partial charge in [-0.15, -0.1) is 0 Å². The zero-order chi connectivity index (χ0) is 13.1. The number of thiocarbonyl (C=S) groups is 1. The normalized spacial score (nSPS) is 10.1. The summed E-state index contributed by atoms with van der Waals surface area (Å²) in [6.07, 6.45) is 1.67. The van der Waals surface area contributed by atoms with Gasteiger partial charge in [-0.05, 0) is 36.8 Å². The number of anilines is 2. The standard InChI is InChI=1S/C13H12ClN3S/c1-8-4-5-10(14)11(7-8)17-13-9(12(15)18)3-2-6-16-13/h2-7H,1H3,(H2,15,18)(H,16,17). The Morgan fingerprint density at radius 1 is 1.39 bits per heavy atom. The molecular formula is C13H12ClN3S. The fourth-order valence-corrected chi connectivity index (χ4v) is 1.90. The maximum Gasteiger partial charge on any atom is 0.140 e. The van der Waals surface area contributed by atoms with Crippen molar-refractivity contribution < 1.29 is 0 Å². The first-order valence-electron chi connectivity index (χ1n) is 5.36. The number of nitrogens with two attached hydrogens (primary N) is 1. The van der Waals surface area contributed by atoms with E-state index in [0.29, 0.717) is 21.4 Å². The molecule has 2 aromatic rings. The van der Waals surface area contributed by atoms with E-state index in [4.69, 9.17) is 29.6 Å². The average molecular weight is 278 g/mol. The van der Waals surface area contributed by atoms with Crippen molar-refractivity contribution in [2.24, 2.45) is 5.73 Å². The number of benzene rings is 1. The summed E-state index contributed by atoms with van der Waals surface area (Å²) < 4.78 is 0. The SMILES string of the molecule is Cc1ccc(Cl)c(Nc2ncccc2C(N)=S)c1. The molecular weight excluding hydrogens is 266 g/mol. The third-order valence-corrected chi connectivity index (χ3v) is 3.00. The second-order valence-corrected chi connectivity index (χ2v) is 4.72. The van der Waals surface area contributed by atoms with Gasteiger partial charge in [0.05, 0.1) is 16.3 Å². The van der Waals surface area contributed by atoms with E-state index >= 15 is 0 Å². The molecule has 18 heavy (non-hydrogen) atoms. The zero-order valence-corrected chi connectivity index (χ0v) is 11.3. The molecule has 92 valence electrons. The van der Waals surface area contributed by atoms with Crippen LogP contribution in [0, 0.1) is 6.92 Å². The molecule has 5 heteroatoms. The third kappa shape index (κ3) is 2.78. The van der Waals surface area contributed by atoms with E-state index in [0.717, 1.165) is 11.3 Å². The second-order valence-electron chi connectivity index (χ2n) is 3.87. The lowest BCUT2D eigenvalue weighted by molar-refractivity contribution is 1.29. The summed E-state index contributed by atoms with van der Waals surface area (Å²) in [6.45, 7) is 1.99. The lowest BCUT2D eigenvalue weighted by atomic mass is 10.2. The van der Waals surface area contributed by atoms with Crippen molar-refractivity contribution in [2.75, 3.05) is 5.32 Å². The molecule has 2 rings (SSSR count). The van der Waals surface area contributed by atoms with E-state index < -0.39 is 0 Å². The van der Waals surface area contributed by atoms with Crippen molar-refractivity contribution in [1.82, 2.24) is 4.98 Å². The van der Waals surface area contributed by atoms with Crippen LogP contribution in [-0.2, 0) is 0 Å². The maximum atomic E-state index is 6.12. The number of nitrogens with one attached hydrogen (secondary N) is 1. The van der Waals surface area contributed by atoms with Crippen molar-refractivity contribution in [3.8, 4) is 0 Å². The monoisotopic (exact) mass is 277 g/mol. The molecule has 3 N–H and O–H groups in total. The first kappa shape index (κ1) is 12.8. The van der Waals surface area contributed by atoms with E-state index in [1.807, 2.05) is 31.2 Å². The predicted octanol–water partition coefficient (Wildman–Crippen LogP) is 3.42. The van der Waals surface area contributed by atoms with Crippen LogP contribution in [0.1, 0.15) is 11.1 Å². The Bertz CT molecular complexity index is 599. The Morgan fingerprint density at radius 3 is 2.89 bits per heavy atom. The molecule has 0 aliphatic heterocycles.